The Hall–Kier alpha value is -2.34. The Bertz CT molecular complexity index is 868. The van der Waals surface area contributed by atoms with E-state index in [0.717, 1.165) is 0 Å². The SMILES string of the molecule is CC(C)c1cc(C2C=Cc3ccccc32)c2ccccc2c1. The molecule has 0 heterocycles. The molecule has 3 aromatic carbocycles. The number of allylic oxidation sites excluding steroid dienone is 1. The topological polar surface area (TPSA) is 0 Å². The Morgan fingerprint density at radius 1 is 0.818 bits per heavy atom. The summed E-state index contributed by atoms with van der Waals surface area (Å²) in [4.78, 5) is 0. The fourth-order valence-corrected chi connectivity index (χ4v) is 3.48. The zero-order chi connectivity index (χ0) is 15.1. The van der Waals surface area contributed by atoms with Crippen molar-refractivity contribution in [3.05, 3.63) is 89.0 Å². The van der Waals surface area contributed by atoms with Crippen molar-refractivity contribution >= 4 is 16.8 Å². The van der Waals surface area contributed by atoms with Crippen molar-refractivity contribution in [1.82, 2.24) is 0 Å². The molecule has 0 bridgehead atoms. The van der Waals surface area contributed by atoms with Crippen LogP contribution in [0.4, 0.5) is 0 Å². The zero-order valence-electron chi connectivity index (χ0n) is 13.1. The van der Waals surface area contributed by atoms with Crippen LogP contribution in [0, 0.1) is 0 Å². The molecule has 108 valence electrons. The third kappa shape index (κ3) is 2.07. The Morgan fingerprint density at radius 2 is 1.59 bits per heavy atom. The van der Waals surface area contributed by atoms with Gasteiger partial charge in [0.25, 0.3) is 0 Å². The number of benzene rings is 3. The van der Waals surface area contributed by atoms with Crippen molar-refractivity contribution in [2.75, 3.05) is 0 Å². The molecule has 1 atom stereocenters. The predicted molar refractivity (Wildman–Crippen MR) is 95.4 cm³/mol. The third-order valence-corrected chi connectivity index (χ3v) is 4.72. The fraction of sp³-hybridized carbons (Fsp3) is 0.182. The number of hydrogen-bond donors (Lipinski definition) is 0. The van der Waals surface area contributed by atoms with Gasteiger partial charge in [0, 0.05) is 5.92 Å². The van der Waals surface area contributed by atoms with Crippen molar-refractivity contribution in [3.8, 4) is 0 Å². The van der Waals surface area contributed by atoms with Gasteiger partial charge in [-0.1, -0.05) is 86.7 Å². The van der Waals surface area contributed by atoms with Gasteiger partial charge in [-0.25, -0.2) is 0 Å². The molecule has 0 nitrogen and oxygen atoms in total. The molecule has 4 rings (SSSR count). The largest absolute Gasteiger partial charge is 0.0720 e. The first-order valence-electron chi connectivity index (χ1n) is 8.04. The van der Waals surface area contributed by atoms with E-state index in [9.17, 15) is 0 Å². The summed E-state index contributed by atoms with van der Waals surface area (Å²) in [6.07, 6.45) is 4.60. The van der Waals surface area contributed by atoms with Gasteiger partial charge in [-0.3, -0.25) is 0 Å². The van der Waals surface area contributed by atoms with Crippen LogP contribution in [0.2, 0.25) is 0 Å². The van der Waals surface area contributed by atoms with Crippen LogP contribution in [0.3, 0.4) is 0 Å². The molecule has 1 aliphatic rings. The highest BCUT2D eigenvalue weighted by atomic mass is 14.2. The summed E-state index contributed by atoms with van der Waals surface area (Å²) < 4.78 is 0. The molecule has 0 spiro atoms. The van der Waals surface area contributed by atoms with Gasteiger partial charge in [0.15, 0.2) is 0 Å². The van der Waals surface area contributed by atoms with Gasteiger partial charge >= 0.3 is 0 Å². The lowest BCUT2D eigenvalue weighted by atomic mass is 9.86. The van der Waals surface area contributed by atoms with Gasteiger partial charge in [-0.15, -0.1) is 0 Å². The zero-order valence-corrected chi connectivity index (χ0v) is 13.1. The first-order valence-corrected chi connectivity index (χ1v) is 8.04. The van der Waals surface area contributed by atoms with Crippen molar-refractivity contribution in [3.63, 3.8) is 0 Å². The van der Waals surface area contributed by atoms with Gasteiger partial charge in [0.05, 0.1) is 0 Å². The smallest absolute Gasteiger partial charge is 0.0285 e. The van der Waals surface area contributed by atoms with Crippen LogP contribution in [0.1, 0.15) is 47.9 Å². The van der Waals surface area contributed by atoms with Gasteiger partial charge < -0.3 is 0 Å². The van der Waals surface area contributed by atoms with E-state index in [2.05, 4.69) is 86.7 Å². The fourth-order valence-electron chi connectivity index (χ4n) is 3.48. The molecule has 0 radical (unpaired) electrons. The monoisotopic (exact) mass is 284 g/mol. The Balaban J connectivity index is 1.97. The minimum absolute atomic E-state index is 0.375. The quantitative estimate of drug-likeness (QED) is 0.531. The van der Waals surface area contributed by atoms with Gasteiger partial charge in [-0.2, -0.15) is 0 Å². The highest BCUT2D eigenvalue weighted by Gasteiger charge is 2.21. The van der Waals surface area contributed by atoms with Crippen LogP contribution in [0.15, 0.2) is 66.7 Å². The van der Waals surface area contributed by atoms with Crippen LogP contribution < -0.4 is 0 Å². The molecule has 0 saturated heterocycles. The molecule has 1 unspecified atom stereocenters. The van der Waals surface area contributed by atoms with E-state index in [1.54, 1.807) is 0 Å². The third-order valence-electron chi connectivity index (χ3n) is 4.72. The number of fused-ring (bicyclic) bond motifs is 2. The predicted octanol–water partition coefficient (Wildman–Crippen LogP) is 6.12. The van der Waals surface area contributed by atoms with Gasteiger partial charge in [0.1, 0.15) is 0 Å². The van der Waals surface area contributed by atoms with Gasteiger partial charge in [0.2, 0.25) is 0 Å². The standard InChI is InChI=1S/C22H20/c1-15(2)18-13-17-8-4-6-10-20(17)22(14-18)21-12-11-16-7-3-5-9-19(16)21/h3-15,21H,1-2H3. The summed E-state index contributed by atoms with van der Waals surface area (Å²) in [5.41, 5.74) is 5.63. The summed E-state index contributed by atoms with van der Waals surface area (Å²) in [5.74, 6) is 0.920. The van der Waals surface area contributed by atoms with Crippen LogP contribution in [0.25, 0.3) is 16.8 Å². The van der Waals surface area contributed by atoms with Crippen LogP contribution in [0.5, 0.6) is 0 Å². The van der Waals surface area contributed by atoms with E-state index < -0.39 is 0 Å². The van der Waals surface area contributed by atoms with Crippen LogP contribution in [-0.2, 0) is 0 Å². The molecule has 3 aromatic rings. The number of hydrogen-bond acceptors (Lipinski definition) is 0. The molecule has 0 heteroatoms. The first-order chi connectivity index (χ1) is 10.7. The number of rotatable bonds is 2. The summed E-state index contributed by atoms with van der Waals surface area (Å²) in [6, 6.07) is 22.2. The minimum Gasteiger partial charge on any atom is -0.0720 e. The molecule has 0 fully saturated rings. The molecule has 0 N–H and O–H groups in total. The van der Waals surface area contributed by atoms with Crippen LogP contribution in [-0.4, -0.2) is 0 Å². The maximum Gasteiger partial charge on any atom is 0.0285 e. The van der Waals surface area contributed by atoms with E-state index in [4.69, 9.17) is 0 Å². The first kappa shape index (κ1) is 13.3. The van der Waals surface area contributed by atoms with E-state index in [1.807, 2.05) is 0 Å². The summed E-state index contributed by atoms with van der Waals surface area (Å²) in [7, 11) is 0. The molecule has 0 aliphatic heterocycles. The second-order valence-electron chi connectivity index (χ2n) is 6.45. The Kier molecular flexibility index (Phi) is 3.11. The van der Waals surface area contributed by atoms with E-state index in [1.165, 1.54) is 33.0 Å². The molecule has 0 amide bonds. The molecule has 1 aliphatic carbocycles. The van der Waals surface area contributed by atoms with Crippen molar-refractivity contribution < 1.29 is 0 Å². The molecule has 0 saturated carbocycles. The second kappa shape index (κ2) is 5.14. The Morgan fingerprint density at radius 3 is 2.45 bits per heavy atom. The lowest BCUT2D eigenvalue weighted by molar-refractivity contribution is 0.863. The van der Waals surface area contributed by atoms with E-state index >= 15 is 0 Å². The summed E-state index contributed by atoms with van der Waals surface area (Å²) in [6.45, 7) is 4.54. The van der Waals surface area contributed by atoms with Crippen molar-refractivity contribution in [1.29, 1.82) is 0 Å². The average molecular weight is 284 g/mol. The molecule has 22 heavy (non-hydrogen) atoms. The minimum atomic E-state index is 0.375. The highest BCUT2D eigenvalue weighted by Crippen LogP contribution is 2.39. The molecule has 0 aromatic heterocycles. The maximum absolute atomic E-state index is 2.41. The second-order valence-corrected chi connectivity index (χ2v) is 6.45. The lowest BCUT2D eigenvalue weighted by Gasteiger charge is -2.18. The van der Waals surface area contributed by atoms with Crippen molar-refractivity contribution in [2.24, 2.45) is 0 Å². The molecular weight excluding hydrogens is 264 g/mol. The summed E-state index contributed by atoms with van der Waals surface area (Å²) in [5, 5.41) is 2.72. The van der Waals surface area contributed by atoms with Crippen molar-refractivity contribution in [2.45, 2.75) is 25.7 Å². The Labute approximate surface area is 132 Å². The normalized spacial score (nSPS) is 16.4. The highest BCUT2D eigenvalue weighted by molar-refractivity contribution is 5.88. The summed E-state index contributed by atoms with van der Waals surface area (Å²) >= 11 is 0. The average Bonchev–Trinajstić information content (AvgIpc) is 2.97. The van der Waals surface area contributed by atoms with E-state index in [-0.39, 0.29) is 0 Å². The van der Waals surface area contributed by atoms with Gasteiger partial charge in [-0.05, 0) is 38.9 Å². The van der Waals surface area contributed by atoms with E-state index in [0.29, 0.717) is 11.8 Å². The maximum atomic E-state index is 2.41. The lowest BCUT2D eigenvalue weighted by Crippen LogP contribution is -1.99. The molecular formula is C22H20. The van der Waals surface area contributed by atoms with Crippen LogP contribution >= 0.6 is 0 Å².